The van der Waals surface area contributed by atoms with E-state index in [4.69, 9.17) is 27.6 Å². The van der Waals surface area contributed by atoms with Crippen LogP contribution >= 0.6 is 15.5 Å². The quantitative estimate of drug-likeness (QED) is 0.134. The van der Waals surface area contributed by atoms with E-state index in [2.05, 4.69) is 5.09 Å². The fourth-order valence-electron chi connectivity index (χ4n) is 5.37. The van der Waals surface area contributed by atoms with Gasteiger partial charge in [-0.3, -0.25) is 22.9 Å². The Morgan fingerprint density at radius 2 is 1.44 bits per heavy atom. The van der Waals surface area contributed by atoms with Gasteiger partial charge in [-0.25, -0.2) is 18.9 Å². The fraction of sp³-hybridized carbons (Fsp3) is 0.594. The van der Waals surface area contributed by atoms with Gasteiger partial charge < -0.3 is 9.47 Å². The van der Waals surface area contributed by atoms with Crippen LogP contribution in [0.15, 0.2) is 54.6 Å². The van der Waals surface area contributed by atoms with Gasteiger partial charge in [-0.1, -0.05) is 55.0 Å². The van der Waals surface area contributed by atoms with E-state index in [0.29, 0.717) is 26.2 Å². The molecule has 13 heteroatoms. The minimum absolute atomic E-state index is 0.0600. The van der Waals surface area contributed by atoms with Gasteiger partial charge in [0.2, 0.25) is 0 Å². The zero-order chi connectivity index (χ0) is 33.3. The van der Waals surface area contributed by atoms with E-state index in [9.17, 15) is 13.9 Å². The predicted molar refractivity (Wildman–Crippen MR) is 177 cm³/mol. The molecule has 1 saturated heterocycles. The highest BCUT2D eigenvalue weighted by molar-refractivity contribution is 7.51. The summed E-state index contributed by atoms with van der Waals surface area (Å²) in [6.45, 7) is 10.9. The molecule has 0 bridgehead atoms. The van der Waals surface area contributed by atoms with Crippen molar-refractivity contribution in [2.45, 2.75) is 78.3 Å². The smallest absolute Gasteiger partial charge is 0.408 e. The molecule has 0 spiro atoms. The maximum absolute atomic E-state index is 13.4. The number of carbonyl (C=O) groups excluding carboxylic acids is 1. The van der Waals surface area contributed by atoms with Crippen LogP contribution in [-0.2, 0) is 43.2 Å². The number of nitrogens with zero attached hydrogens (tertiary/aromatic N) is 1. The van der Waals surface area contributed by atoms with Crippen LogP contribution in [0.1, 0.15) is 70.9 Å². The van der Waals surface area contributed by atoms with Crippen LogP contribution in [0.5, 0.6) is 5.75 Å². The topological polar surface area (TPSA) is 122 Å². The molecule has 2 aromatic rings. The van der Waals surface area contributed by atoms with Gasteiger partial charge in [-0.05, 0) is 71.1 Å². The lowest BCUT2D eigenvalue weighted by molar-refractivity contribution is -0.144. The highest BCUT2D eigenvalue weighted by atomic mass is 31.2. The number of hydrogen-bond donors (Lipinski definition) is 1. The highest BCUT2D eigenvalue weighted by Crippen LogP contribution is 2.56. The summed E-state index contributed by atoms with van der Waals surface area (Å²) in [7, 11) is -3.65. The van der Waals surface area contributed by atoms with Crippen LogP contribution in [0.3, 0.4) is 0 Å². The van der Waals surface area contributed by atoms with Gasteiger partial charge in [-0.2, -0.15) is 0 Å². The monoisotopic (exact) mass is 670 g/mol. The number of carbonyl (C=O) groups is 1. The number of piperidine rings is 1. The van der Waals surface area contributed by atoms with Crippen molar-refractivity contribution in [3.63, 3.8) is 0 Å². The number of hydrogen-bond acceptors (Lipinski definition) is 9. The Labute approximate surface area is 269 Å². The number of esters is 1. The van der Waals surface area contributed by atoms with Crippen LogP contribution < -0.4 is 9.82 Å². The molecule has 0 aromatic heterocycles. The van der Waals surface area contributed by atoms with Gasteiger partial charge in [0.25, 0.3) is 0 Å². The lowest BCUT2D eigenvalue weighted by atomic mass is 9.86. The van der Waals surface area contributed by atoms with Gasteiger partial charge in [0.15, 0.2) is 0 Å². The predicted octanol–water partition coefficient (Wildman–Crippen LogP) is 7.38. The van der Waals surface area contributed by atoms with Gasteiger partial charge >= 0.3 is 21.5 Å². The minimum atomic E-state index is -3.45. The summed E-state index contributed by atoms with van der Waals surface area (Å²) in [5, 5.41) is 2.95. The van der Waals surface area contributed by atoms with E-state index in [-0.39, 0.29) is 31.3 Å². The molecule has 3 atom stereocenters. The molecular weight excluding hydrogens is 618 g/mol. The normalized spacial score (nSPS) is 17.1. The Balaban J connectivity index is 0.000000322. The van der Waals surface area contributed by atoms with Crippen molar-refractivity contribution in [3.05, 3.63) is 65.7 Å². The molecule has 254 valence electrons. The largest absolute Gasteiger partial charge is 0.496 e. The number of ether oxygens (including phenoxy) is 2. The van der Waals surface area contributed by atoms with Crippen molar-refractivity contribution in [1.29, 1.82) is 0 Å². The first-order valence-electron chi connectivity index (χ1n) is 15.7. The molecule has 2 aromatic carbocycles. The molecule has 11 nitrogen and oxygen atoms in total. The standard InChI is InChI=1S/C18H28NO5P.C14H24NO4P/c1-4-23-25(21,24-5-2)19-14-10-9-13-16(19)17(18(20)22-3)15-11-7-6-8-12-15;1-5-18-20(16,19-6-2)15-12(3)11-13-9-7-8-10-14(13)17-4/h6-8,11-12,16-17H,4-5,9-10,13-14H2,1-3H3;7-10,12H,5-6,11H2,1-4H3,(H,15,16). The highest BCUT2D eigenvalue weighted by Gasteiger charge is 2.45. The molecule has 1 aliphatic rings. The maximum atomic E-state index is 13.4. The van der Waals surface area contributed by atoms with Crippen molar-refractivity contribution in [3.8, 4) is 5.75 Å². The molecule has 3 unspecified atom stereocenters. The molecule has 45 heavy (non-hydrogen) atoms. The average Bonchev–Trinajstić information content (AvgIpc) is 3.02. The molecule has 1 N–H and O–H groups in total. The maximum Gasteiger partial charge on any atom is 0.408 e. The van der Waals surface area contributed by atoms with Gasteiger partial charge in [0.05, 0.1) is 46.6 Å². The second kappa shape index (κ2) is 20.2. The first-order valence-corrected chi connectivity index (χ1v) is 18.7. The number of methoxy groups -OCH3 is 2. The summed E-state index contributed by atoms with van der Waals surface area (Å²) in [6.07, 6.45) is 3.26. The van der Waals surface area contributed by atoms with Crippen LogP contribution in [0.25, 0.3) is 0 Å². The van der Waals surface area contributed by atoms with Crippen LogP contribution in [0, 0.1) is 0 Å². The lowest BCUT2D eigenvalue weighted by Crippen LogP contribution is -2.44. The summed E-state index contributed by atoms with van der Waals surface area (Å²) >= 11 is 0. The summed E-state index contributed by atoms with van der Waals surface area (Å²) in [6, 6.07) is 16.9. The van der Waals surface area contributed by atoms with Crippen molar-refractivity contribution < 1.29 is 41.5 Å². The zero-order valence-electron chi connectivity index (χ0n) is 27.8. The van der Waals surface area contributed by atoms with Crippen LogP contribution in [-0.4, -0.2) is 69.9 Å². The van der Waals surface area contributed by atoms with Crippen molar-refractivity contribution in [2.75, 3.05) is 47.2 Å². The average molecular weight is 671 g/mol. The van der Waals surface area contributed by atoms with E-state index in [0.717, 1.165) is 36.1 Å². The van der Waals surface area contributed by atoms with Gasteiger partial charge in [-0.15, -0.1) is 0 Å². The lowest BCUT2D eigenvalue weighted by Gasteiger charge is -2.41. The molecule has 0 radical (unpaired) electrons. The Hall–Kier alpha value is -2.07. The van der Waals surface area contributed by atoms with Gasteiger partial charge in [0.1, 0.15) is 5.75 Å². The van der Waals surface area contributed by atoms with Gasteiger partial charge in [0, 0.05) is 18.6 Å². The van der Waals surface area contributed by atoms with E-state index < -0.39 is 21.4 Å². The van der Waals surface area contributed by atoms with Crippen LogP contribution in [0.4, 0.5) is 0 Å². The minimum Gasteiger partial charge on any atom is -0.496 e. The third-order valence-electron chi connectivity index (χ3n) is 7.11. The SMILES string of the molecule is CCOP(=O)(NC(C)Cc1ccccc1OC)OCC.CCOP(=O)(OCC)N1CCCCC1C(C(=O)OC)c1ccccc1. The zero-order valence-corrected chi connectivity index (χ0v) is 29.6. The summed E-state index contributed by atoms with van der Waals surface area (Å²) in [4.78, 5) is 12.6. The first-order chi connectivity index (χ1) is 21.6. The second-order valence-corrected chi connectivity index (χ2v) is 14.1. The number of rotatable bonds is 17. The van der Waals surface area contributed by atoms with Crippen molar-refractivity contribution in [1.82, 2.24) is 9.76 Å². The molecule has 0 saturated carbocycles. The van der Waals surface area contributed by atoms with Crippen molar-refractivity contribution in [2.24, 2.45) is 0 Å². The molecule has 0 amide bonds. The second-order valence-electron chi connectivity index (χ2n) is 10.3. The first kappa shape index (κ1) is 39.1. The molecule has 0 aliphatic carbocycles. The van der Waals surface area contributed by atoms with E-state index in [1.807, 2.05) is 61.5 Å². The van der Waals surface area contributed by atoms with E-state index in [1.54, 1.807) is 39.5 Å². The number of para-hydroxylation sites is 1. The third-order valence-corrected chi connectivity index (χ3v) is 11.4. The van der Waals surface area contributed by atoms with E-state index >= 15 is 0 Å². The fourth-order valence-corrected chi connectivity index (χ4v) is 8.93. The summed E-state index contributed by atoms with van der Waals surface area (Å²) < 4.78 is 59.4. The van der Waals surface area contributed by atoms with E-state index in [1.165, 1.54) is 7.11 Å². The summed E-state index contributed by atoms with van der Waals surface area (Å²) in [5.41, 5.74) is 1.90. The molecule has 1 fully saturated rings. The summed E-state index contributed by atoms with van der Waals surface area (Å²) in [5.74, 6) is -0.0350. The third kappa shape index (κ3) is 11.9. The Bertz CT molecular complexity index is 1210. The Morgan fingerprint density at radius 1 is 0.867 bits per heavy atom. The molecule has 1 heterocycles. The number of nitrogens with one attached hydrogen (secondary N) is 1. The number of benzene rings is 2. The Morgan fingerprint density at radius 3 is 2.00 bits per heavy atom. The van der Waals surface area contributed by atoms with Crippen LogP contribution in [0.2, 0.25) is 0 Å². The van der Waals surface area contributed by atoms with Crippen molar-refractivity contribution >= 4 is 21.5 Å². The molecule has 3 rings (SSSR count). The Kier molecular flexibility index (Phi) is 17.6. The molecular formula is C32H52N2O9P2. The molecule has 1 aliphatic heterocycles.